The smallest absolute Gasteiger partial charge is 0.136 e. The summed E-state index contributed by atoms with van der Waals surface area (Å²) in [6, 6.07) is 55.0. The molecule has 57 heavy (non-hydrogen) atoms. The van der Waals surface area contributed by atoms with E-state index in [-0.39, 0.29) is 18.5 Å². The number of hydrogen-bond donors (Lipinski definition) is 3. The van der Waals surface area contributed by atoms with Crippen molar-refractivity contribution in [3.05, 3.63) is 187 Å². The Kier molecular flexibility index (Phi) is 7.60. The van der Waals surface area contributed by atoms with Crippen LogP contribution in [0.5, 0.6) is 0 Å². The highest BCUT2D eigenvalue weighted by Crippen LogP contribution is 2.45. The van der Waals surface area contributed by atoms with E-state index in [1.165, 1.54) is 64.4 Å². The SMILES string of the molecule is C1=CCC(C2NC(c3ccccc3)NC(c3ccc4oc5cc(-c6cccc7c6sc6c(-n8c9ccccc9c9ccccc98)cccc67)ccc5c4c3)N2)C=C1. The van der Waals surface area contributed by atoms with Crippen molar-refractivity contribution in [2.45, 2.75) is 24.9 Å². The third-order valence-electron chi connectivity index (χ3n) is 12.1. The molecule has 7 aromatic carbocycles. The zero-order valence-electron chi connectivity index (χ0n) is 31.0. The molecule has 0 amide bonds. The molecular weight excluding hydrogens is 717 g/mol. The largest absolute Gasteiger partial charge is 0.456 e. The molecule has 5 nitrogen and oxygen atoms in total. The molecule has 4 heterocycles. The Morgan fingerprint density at radius 1 is 0.526 bits per heavy atom. The van der Waals surface area contributed by atoms with E-state index in [1.807, 2.05) is 11.3 Å². The molecule has 12 rings (SSSR count). The Bertz CT molecular complexity index is 3190. The summed E-state index contributed by atoms with van der Waals surface area (Å²) in [4.78, 5) is 0. The number of aromatic nitrogens is 1. The number of furan rings is 1. The van der Waals surface area contributed by atoms with E-state index in [2.05, 4.69) is 196 Å². The van der Waals surface area contributed by atoms with Gasteiger partial charge in [-0.05, 0) is 71.1 Å². The summed E-state index contributed by atoms with van der Waals surface area (Å²) in [5, 5.41) is 18.9. The molecule has 1 fully saturated rings. The fourth-order valence-electron chi connectivity index (χ4n) is 9.33. The van der Waals surface area contributed by atoms with E-state index < -0.39 is 0 Å². The maximum absolute atomic E-state index is 6.61. The predicted molar refractivity (Wildman–Crippen MR) is 238 cm³/mol. The monoisotopic (exact) mass is 754 g/mol. The molecule has 1 aliphatic heterocycles. The van der Waals surface area contributed by atoms with Crippen molar-refractivity contribution in [1.29, 1.82) is 0 Å². The van der Waals surface area contributed by atoms with Crippen LogP contribution in [0.3, 0.4) is 0 Å². The summed E-state index contributed by atoms with van der Waals surface area (Å²) in [6.07, 6.45) is 9.94. The second-order valence-electron chi connectivity index (χ2n) is 15.3. The molecule has 10 aromatic rings. The lowest BCUT2D eigenvalue weighted by atomic mass is 9.94. The first-order chi connectivity index (χ1) is 28.2. The molecule has 274 valence electrons. The van der Waals surface area contributed by atoms with Crippen molar-refractivity contribution in [2.75, 3.05) is 0 Å². The van der Waals surface area contributed by atoms with Gasteiger partial charge < -0.3 is 8.98 Å². The zero-order chi connectivity index (χ0) is 37.5. The molecule has 0 saturated carbocycles. The second-order valence-corrected chi connectivity index (χ2v) is 16.4. The average Bonchev–Trinajstić information content (AvgIpc) is 3.96. The quantitative estimate of drug-likeness (QED) is 0.164. The van der Waals surface area contributed by atoms with Crippen LogP contribution in [0.25, 0.3) is 80.7 Å². The topological polar surface area (TPSA) is 54.2 Å². The molecule has 3 N–H and O–H groups in total. The highest BCUT2D eigenvalue weighted by Gasteiger charge is 2.32. The lowest BCUT2D eigenvalue weighted by Gasteiger charge is -2.42. The Morgan fingerprint density at radius 3 is 2.04 bits per heavy atom. The Morgan fingerprint density at radius 2 is 1.25 bits per heavy atom. The van der Waals surface area contributed by atoms with Crippen LogP contribution in [0.2, 0.25) is 0 Å². The van der Waals surface area contributed by atoms with Crippen LogP contribution in [-0.2, 0) is 0 Å². The average molecular weight is 755 g/mol. The molecule has 1 saturated heterocycles. The van der Waals surface area contributed by atoms with Gasteiger partial charge in [0.05, 0.1) is 39.9 Å². The first-order valence-electron chi connectivity index (χ1n) is 19.8. The molecule has 3 aromatic heterocycles. The number of hydrogen-bond acceptors (Lipinski definition) is 5. The maximum Gasteiger partial charge on any atom is 0.136 e. The maximum atomic E-state index is 6.61. The van der Waals surface area contributed by atoms with Gasteiger partial charge in [0.15, 0.2) is 0 Å². The lowest BCUT2D eigenvalue weighted by molar-refractivity contribution is 0.170. The molecule has 0 spiro atoms. The zero-order valence-corrected chi connectivity index (χ0v) is 31.8. The number of thiophene rings is 1. The van der Waals surface area contributed by atoms with Gasteiger partial charge in [-0.25, -0.2) is 0 Å². The first kappa shape index (κ1) is 32.9. The van der Waals surface area contributed by atoms with Crippen LogP contribution in [0.15, 0.2) is 180 Å². The molecule has 0 bridgehead atoms. The van der Waals surface area contributed by atoms with E-state index >= 15 is 0 Å². The van der Waals surface area contributed by atoms with E-state index in [1.54, 1.807) is 0 Å². The highest BCUT2D eigenvalue weighted by molar-refractivity contribution is 7.26. The predicted octanol–water partition coefficient (Wildman–Crippen LogP) is 12.7. The molecule has 1 aliphatic carbocycles. The van der Waals surface area contributed by atoms with E-state index in [9.17, 15) is 0 Å². The van der Waals surface area contributed by atoms with Crippen LogP contribution in [0.1, 0.15) is 29.9 Å². The van der Waals surface area contributed by atoms with Gasteiger partial charge in [0.1, 0.15) is 11.2 Å². The van der Waals surface area contributed by atoms with Crippen LogP contribution < -0.4 is 16.0 Å². The van der Waals surface area contributed by atoms with Gasteiger partial charge in [0, 0.05) is 42.9 Å². The lowest BCUT2D eigenvalue weighted by Crippen LogP contribution is -2.61. The number of rotatable bonds is 5. The standard InChI is InChI=1S/C51H38N4OS/c1-3-13-31(14-4-1)49-52-50(32-15-5-2-6-16-32)54-51(53-49)34-26-28-45-41(29-34)38-27-25-33(30-46(38)56-45)35-19-11-20-39-40-21-12-24-44(48(40)57-47(35)39)55-42-22-9-7-17-36(42)37-18-8-10-23-43(37)55/h1-15,17-30,32,49-54H,16H2. The normalized spacial score (nSPS) is 19.9. The van der Waals surface area contributed by atoms with Gasteiger partial charge in [0.25, 0.3) is 0 Å². The number of fused-ring (bicyclic) bond motifs is 9. The summed E-state index contributed by atoms with van der Waals surface area (Å²) in [5.74, 6) is 0.355. The fourth-order valence-corrected chi connectivity index (χ4v) is 10.7. The van der Waals surface area contributed by atoms with Crippen molar-refractivity contribution in [1.82, 2.24) is 20.5 Å². The van der Waals surface area contributed by atoms with Gasteiger partial charge >= 0.3 is 0 Å². The van der Waals surface area contributed by atoms with Crippen molar-refractivity contribution in [2.24, 2.45) is 5.92 Å². The Balaban J connectivity index is 0.937. The minimum absolute atomic E-state index is 0.00997. The van der Waals surface area contributed by atoms with E-state index in [0.29, 0.717) is 5.92 Å². The summed E-state index contributed by atoms with van der Waals surface area (Å²) in [6.45, 7) is 0. The van der Waals surface area contributed by atoms with Crippen molar-refractivity contribution >= 4 is 75.3 Å². The van der Waals surface area contributed by atoms with Gasteiger partial charge in [-0.2, -0.15) is 0 Å². The number of nitrogens with one attached hydrogen (secondary N) is 3. The summed E-state index contributed by atoms with van der Waals surface area (Å²) in [5.41, 5.74) is 10.2. The number of allylic oxidation sites excluding steroid dienone is 3. The molecular formula is C51H38N4OS. The van der Waals surface area contributed by atoms with Crippen LogP contribution in [-0.4, -0.2) is 10.7 Å². The summed E-state index contributed by atoms with van der Waals surface area (Å²) in [7, 11) is 0. The van der Waals surface area contributed by atoms with E-state index in [0.717, 1.165) is 33.9 Å². The summed E-state index contributed by atoms with van der Waals surface area (Å²) < 4.78 is 11.6. The third-order valence-corrected chi connectivity index (χ3v) is 13.3. The number of nitrogens with zero attached hydrogens (tertiary/aromatic N) is 1. The fraction of sp³-hybridized carbons (Fsp3) is 0.0980. The minimum Gasteiger partial charge on any atom is -0.456 e. The Hall–Kier alpha value is -6.28. The Labute approximate surface area is 333 Å². The number of para-hydroxylation sites is 2. The molecule has 0 radical (unpaired) electrons. The van der Waals surface area contributed by atoms with Gasteiger partial charge in [-0.3, -0.25) is 16.0 Å². The van der Waals surface area contributed by atoms with Gasteiger partial charge in [0.2, 0.25) is 0 Å². The van der Waals surface area contributed by atoms with Crippen molar-refractivity contribution in [3.63, 3.8) is 0 Å². The molecule has 6 heteroatoms. The van der Waals surface area contributed by atoms with Crippen molar-refractivity contribution < 1.29 is 4.42 Å². The number of benzene rings is 7. The van der Waals surface area contributed by atoms with Gasteiger partial charge in [-0.1, -0.05) is 133 Å². The summed E-state index contributed by atoms with van der Waals surface area (Å²) >= 11 is 1.88. The first-order valence-corrected chi connectivity index (χ1v) is 20.6. The highest BCUT2D eigenvalue weighted by atomic mass is 32.1. The second kappa shape index (κ2) is 13.2. The minimum atomic E-state index is -0.0487. The van der Waals surface area contributed by atoms with E-state index in [4.69, 9.17) is 4.42 Å². The molecule has 4 unspecified atom stereocenters. The van der Waals surface area contributed by atoms with Crippen LogP contribution in [0.4, 0.5) is 0 Å². The van der Waals surface area contributed by atoms with Crippen LogP contribution in [0, 0.1) is 5.92 Å². The van der Waals surface area contributed by atoms with Gasteiger partial charge in [-0.15, -0.1) is 11.3 Å². The third kappa shape index (κ3) is 5.33. The van der Waals surface area contributed by atoms with Crippen LogP contribution >= 0.6 is 11.3 Å². The molecule has 4 atom stereocenters. The van der Waals surface area contributed by atoms with Crippen molar-refractivity contribution in [3.8, 4) is 16.8 Å². The molecule has 2 aliphatic rings.